The first kappa shape index (κ1) is 16.6. The molecule has 1 amide bonds. The molecule has 0 aromatic heterocycles. The smallest absolute Gasteiger partial charge is 0.241 e. The zero-order chi connectivity index (χ0) is 13.9. The molecule has 6 heteroatoms. The van der Waals surface area contributed by atoms with Crippen molar-refractivity contribution >= 4 is 35.8 Å². The van der Waals surface area contributed by atoms with Gasteiger partial charge in [0, 0.05) is 42.9 Å². The number of amides is 1. The summed E-state index contributed by atoms with van der Waals surface area (Å²) in [7, 11) is 0. The van der Waals surface area contributed by atoms with Gasteiger partial charge in [-0.05, 0) is 19.1 Å². The molecular weight excluding hydrogens is 306 g/mol. The Hall–Kier alpha value is -0.750. The molecule has 2 heterocycles. The molecule has 0 radical (unpaired) electrons. The fourth-order valence-corrected chi connectivity index (χ4v) is 3.80. The fraction of sp³-hybridized carbons (Fsp3) is 0.533. The van der Waals surface area contributed by atoms with Crippen LogP contribution in [0, 0.1) is 0 Å². The maximum Gasteiger partial charge on any atom is 0.241 e. The average molecular weight is 328 g/mol. The van der Waals surface area contributed by atoms with Gasteiger partial charge in [0.2, 0.25) is 5.91 Å². The largest absolute Gasteiger partial charge is 0.314 e. The van der Waals surface area contributed by atoms with E-state index in [0.29, 0.717) is 12.6 Å². The van der Waals surface area contributed by atoms with Crippen LogP contribution in [-0.2, 0) is 4.79 Å². The van der Waals surface area contributed by atoms with E-state index in [9.17, 15) is 4.79 Å². The number of thioether (sulfide) groups is 1. The van der Waals surface area contributed by atoms with Crippen LogP contribution < -0.4 is 10.2 Å². The van der Waals surface area contributed by atoms with E-state index in [1.165, 1.54) is 4.90 Å². The van der Waals surface area contributed by atoms with E-state index in [0.717, 1.165) is 37.6 Å². The third-order valence-corrected chi connectivity index (χ3v) is 5.05. The van der Waals surface area contributed by atoms with Crippen molar-refractivity contribution < 1.29 is 4.79 Å². The van der Waals surface area contributed by atoms with Crippen molar-refractivity contribution in [1.29, 1.82) is 0 Å². The Kier molecular flexibility index (Phi) is 5.93. The number of piperazine rings is 1. The molecule has 0 bridgehead atoms. The van der Waals surface area contributed by atoms with Gasteiger partial charge in [0.15, 0.2) is 0 Å². The van der Waals surface area contributed by atoms with Gasteiger partial charge in [-0.1, -0.05) is 12.1 Å². The van der Waals surface area contributed by atoms with Crippen LogP contribution >= 0.6 is 24.2 Å². The zero-order valence-corrected chi connectivity index (χ0v) is 13.9. The Bertz CT molecular complexity index is 500. The molecule has 1 aromatic rings. The van der Waals surface area contributed by atoms with Crippen LogP contribution in [-0.4, -0.2) is 55.3 Å². The van der Waals surface area contributed by atoms with Crippen molar-refractivity contribution in [2.24, 2.45) is 0 Å². The minimum absolute atomic E-state index is 0. The number of hydrogen-bond acceptors (Lipinski definition) is 4. The first-order valence-electron chi connectivity index (χ1n) is 7.22. The quantitative estimate of drug-likeness (QED) is 0.899. The normalized spacial score (nSPS) is 22.3. The third-order valence-electron chi connectivity index (χ3n) is 4.01. The van der Waals surface area contributed by atoms with Crippen LogP contribution in [0.2, 0.25) is 0 Å². The summed E-state index contributed by atoms with van der Waals surface area (Å²) >= 11 is 1.84. The number of benzene rings is 1. The molecule has 1 saturated heterocycles. The first-order chi connectivity index (χ1) is 9.75. The predicted octanol–water partition coefficient (Wildman–Crippen LogP) is 1.84. The summed E-state index contributed by atoms with van der Waals surface area (Å²) in [5, 5.41) is 3.36. The van der Waals surface area contributed by atoms with Crippen molar-refractivity contribution in [1.82, 2.24) is 10.2 Å². The van der Waals surface area contributed by atoms with Crippen molar-refractivity contribution in [3.05, 3.63) is 24.3 Å². The SMILES string of the molecule is C[C@@H]1CNCCN1CC(=O)N1CCSc2ccccc21.Cl. The predicted molar refractivity (Wildman–Crippen MR) is 90.7 cm³/mol. The van der Waals surface area contributed by atoms with Gasteiger partial charge in [0.05, 0.1) is 12.2 Å². The lowest BCUT2D eigenvalue weighted by Gasteiger charge is -2.36. The van der Waals surface area contributed by atoms with Crippen molar-refractivity contribution in [3.8, 4) is 0 Å². The van der Waals surface area contributed by atoms with Gasteiger partial charge in [-0.15, -0.1) is 24.2 Å². The van der Waals surface area contributed by atoms with Gasteiger partial charge >= 0.3 is 0 Å². The van der Waals surface area contributed by atoms with Crippen LogP contribution in [0.5, 0.6) is 0 Å². The fourth-order valence-electron chi connectivity index (χ4n) is 2.81. The summed E-state index contributed by atoms with van der Waals surface area (Å²) in [5.74, 6) is 1.21. The maximum absolute atomic E-state index is 12.6. The summed E-state index contributed by atoms with van der Waals surface area (Å²) in [6.07, 6.45) is 0. The summed E-state index contributed by atoms with van der Waals surface area (Å²) in [5.41, 5.74) is 1.08. The van der Waals surface area contributed by atoms with Crippen LogP contribution in [0.3, 0.4) is 0 Å². The second kappa shape index (κ2) is 7.49. The van der Waals surface area contributed by atoms with Gasteiger partial charge in [0.1, 0.15) is 0 Å². The van der Waals surface area contributed by atoms with Crippen molar-refractivity contribution in [3.63, 3.8) is 0 Å². The Balaban J connectivity index is 0.00000161. The average Bonchev–Trinajstić information content (AvgIpc) is 2.49. The Morgan fingerprint density at radius 3 is 3.00 bits per heavy atom. The summed E-state index contributed by atoms with van der Waals surface area (Å²) in [6.45, 7) is 6.43. The standard InChI is InChI=1S/C15H21N3OS.ClH/c1-12-10-16-6-7-17(12)11-15(19)18-8-9-20-14-5-3-2-4-13(14)18;/h2-5,12,16H,6-11H2,1H3;1H/t12-;/m1./s1. The Morgan fingerprint density at radius 1 is 1.38 bits per heavy atom. The molecule has 1 fully saturated rings. The van der Waals surface area contributed by atoms with E-state index < -0.39 is 0 Å². The number of fused-ring (bicyclic) bond motifs is 1. The molecular formula is C15H22ClN3OS. The van der Waals surface area contributed by atoms with Gasteiger partial charge in [0.25, 0.3) is 0 Å². The Morgan fingerprint density at radius 2 is 2.19 bits per heavy atom. The Labute approximate surface area is 136 Å². The highest BCUT2D eigenvalue weighted by Crippen LogP contribution is 2.34. The van der Waals surface area contributed by atoms with E-state index >= 15 is 0 Å². The minimum Gasteiger partial charge on any atom is -0.314 e. The van der Waals surface area contributed by atoms with Gasteiger partial charge in [-0.2, -0.15) is 0 Å². The lowest BCUT2D eigenvalue weighted by atomic mass is 10.2. The molecule has 0 unspecified atom stereocenters. The topological polar surface area (TPSA) is 35.6 Å². The highest BCUT2D eigenvalue weighted by Gasteiger charge is 2.26. The highest BCUT2D eigenvalue weighted by atomic mass is 35.5. The van der Waals surface area contributed by atoms with E-state index in [1.54, 1.807) is 0 Å². The number of carbonyl (C=O) groups excluding carboxylic acids is 1. The van der Waals surface area contributed by atoms with Crippen LogP contribution in [0.4, 0.5) is 5.69 Å². The summed E-state index contributed by atoms with van der Waals surface area (Å²) in [4.78, 5) is 18.1. The minimum atomic E-state index is 0. The molecule has 0 aliphatic carbocycles. The van der Waals surface area contributed by atoms with Gasteiger partial charge in [-0.25, -0.2) is 0 Å². The molecule has 0 spiro atoms. The van der Waals surface area contributed by atoms with E-state index in [4.69, 9.17) is 0 Å². The lowest BCUT2D eigenvalue weighted by molar-refractivity contribution is -0.120. The molecule has 116 valence electrons. The number of hydrogen-bond donors (Lipinski definition) is 1. The first-order valence-corrected chi connectivity index (χ1v) is 8.21. The number of rotatable bonds is 2. The second-order valence-corrected chi connectivity index (χ2v) is 6.52. The molecule has 2 aliphatic rings. The number of carbonyl (C=O) groups is 1. The number of halogens is 1. The van der Waals surface area contributed by atoms with Gasteiger partial charge < -0.3 is 10.2 Å². The van der Waals surface area contributed by atoms with Crippen molar-refractivity contribution in [2.75, 3.05) is 43.4 Å². The lowest BCUT2D eigenvalue weighted by Crippen LogP contribution is -2.53. The molecule has 1 atom stereocenters. The summed E-state index contributed by atoms with van der Waals surface area (Å²) in [6, 6.07) is 8.64. The summed E-state index contributed by atoms with van der Waals surface area (Å²) < 4.78 is 0. The number of nitrogens with zero attached hydrogens (tertiary/aromatic N) is 2. The van der Waals surface area contributed by atoms with Crippen LogP contribution in [0.1, 0.15) is 6.92 Å². The van der Waals surface area contributed by atoms with E-state index in [1.807, 2.05) is 28.8 Å². The van der Waals surface area contributed by atoms with Crippen molar-refractivity contribution in [2.45, 2.75) is 17.9 Å². The highest BCUT2D eigenvalue weighted by molar-refractivity contribution is 7.99. The molecule has 0 saturated carbocycles. The third kappa shape index (κ3) is 3.72. The molecule has 3 rings (SSSR count). The maximum atomic E-state index is 12.6. The van der Waals surface area contributed by atoms with Gasteiger partial charge in [-0.3, -0.25) is 9.69 Å². The monoisotopic (exact) mass is 327 g/mol. The molecule has 1 aromatic carbocycles. The zero-order valence-electron chi connectivity index (χ0n) is 12.2. The molecule has 21 heavy (non-hydrogen) atoms. The van der Waals surface area contributed by atoms with E-state index in [2.05, 4.69) is 29.3 Å². The van der Waals surface area contributed by atoms with Crippen LogP contribution in [0.25, 0.3) is 0 Å². The molecule has 2 aliphatic heterocycles. The van der Waals surface area contributed by atoms with E-state index in [-0.39, 0.29) is 18.3 Å². The number of anilines is 1. The van der Waals surface area contributed by atoms with Crippen LogP contribution in [0.15, 0.2) is 29.2 Å². The second-order valence-electron chi connectivity index (χ2n) is 5.39. The number of para-hydroxylation sites is 1. The molecule has 1 N–H and O–H groups in total. The molecule has 4 nitrogen and oxygen atoms in total. The number of nitrogens with one attached hydrogen (secondary N) is 1.